The first-order chi connectivity index (χ1) is 7.86. The van der Waals surface area contributed by atoms with E-state index in [-0.39, 0.29) is 0 Å². The summed E-state index contributed by atoms with van der Waals surface area (Å²) < 4.78 is 5.63. The molecule has 3 rings (SSSR count). The van der Waals surface area contributed by atoms with Crippen LogP contribution in [-0.2, 0) is 0 Å². The number of para-hydroxylation sites is 1. The molecule has 0 amide bonds. The van der Waals surface area contributed by atoms with Crippen LogP contribution < -0.4 is 5.32 Å². The zero-order valence-corrected chi connectivity index (χ0v) is 9.57. The molecule has 0 spiro atoms. The minimum atomic E-state index is 0.635. The lowest BCUT2D eigenvalue weighted by atomic mass is 9.82. The van der Waals surface area contributed by atoms with Crippen LogP contribution in [-0.4, -0.2) is 13.1 Å². The zero-order valence-electron chi connectivity index (χ0n) is 9.57. The molecule has 2 aromatic rings. The molecule has 84 valence electrons. The molecular formula is C14H17NO. The molecule has 16 heavy (non-hydrogen) atoms. The fourth-order valence-corrected chi connectivity index (χ4v) is 2.78. The topological polar surface area (TPSA) is 25.2 Å². The number of nitrogens with one attached hydrogen (secondary N) is 1. The largest absolute Gasteiger partial charge is 0.464 e. The van der Waals surface area contributed by atoms with Crippen molar-refractivity contribution >= 4 is 11.0 Å². The Balaban J connectivity index is 2.07. The third kappa shape index (κ3) is 1.54. The summed E-state index contributed by atoms with van der Waals surface area (Å²) in [5, 5.41) is 4.67. The van der Waals surface area contributed by atoms with Gasteiger partial charge in [-0.1, -0.05) is 25.1 Å². The van der Waals surface area contributed by atoms with Crippen molar-refractivity contribution in [1.82, 2.24) is 5.32 Å². The van der Waals surface area contributed by atoms with E-state index in [0.717, 1.165) is 18.7 Å². The van der Waals surface area contributed by atoms with Crippen molar-refractivity contribution < 1.29 is 4.42 Å². The standard InChI is InChI=1S/C14H17NO/c1-10-9-15-7-5-12(10)13-4-2-3-11-6-8-16-14(11)13/h2-4,6,8,10,12,15H,5,7,9H2,1H3. The molecule has 2 heteroatoms. The van der Waals surface area contributed by atoms with Crippen LogP contribution in [0.3, 0.4) is 0 Å². The molecule has 1 fully saturated rings. The highest BCUT2D eigenvalue weighted by atomic mass is 16.3. The first kappa shape index (κ1) is 9.91. The fourth-order valence-electron chi connectivity index (χ4n) is 2.78. The maximum Gasteiger partial charge on any atom is 0.137 e. The Morgan fingerprint density at radius 2 is 2.25 bits per heavy atom. The van der Waals surface area contributed by atoms with E-state index in [9.17, 15) is 0 Å². The van der Waals surface area contributed by atoms with E-state index in [1.807, 2.05) is 6.07 Å². The Kier molecular flexibility index (Phi) is 2.44. The average molecular weight is 215 g/mol. The van der Waals surface area contributed by atoms with E-state index in [2.05, 4.69) is 30.4 Å². The van der Waals surface area contributed by atoms with E-state index in [0.29, 0.717) is 11.8 Å². The molecule has 1 saturated heterocycles. The van der Waals surface area contributed by atoms with Gasteiger partial charge in [0.2, 0.25) is 0 Å². The van der Waals surface area contributed by atoms with Crippen LogP contribution in [0.2, 0.25) is 0 Å². The van der Waals surface area contributed by atoms with Crippen LogP contribution in [0.4, 0.5) is 0 Å². The van der Waals surface area contributed by atoms with Gasteiger partial charge >= 0.3 is 0 Å². The van der Waals surface area contributed by atoms with Gasteiger partial charge in [-0.15, -0.1) is 0 Å². The lowest BCUT2D eigenvalue weighted by Gasteiger charge is -2.29. The third-order valence-corrected chi connectivity index (χ3v) is 3.69. The quantitative estimate of drug-likeness (QED) is 0.790. The van der Waals surface area contributed by atoms with Crippen molar-refractivity contribution in [2.24, 2.45) is 5.92 Å². The third-order valence-electron chi connectivity index (χ3n) is 3.69. The molecule has 2 atom stereocenters. The maximum atomic E-state index is 5.63. The highest BCUT2D eigenvalue weighted by Gasteiger charge is 2.24. The summed E-state index contributed by atoms with van der Waals surface area (Å²) in [6.45, 7) is 4.55. The van der Waals surface area contributed by atoms with Crippen LogP contribution in [0.1, 0.15) is 24.8 Å². The number of hydrogen-bond acceptors (Lipinski definition) is 2. The Labute approximate surface area is 95.6 Å². The van der Waals surface area contributed by atoms with Gasteiger partial charge < -0.3 is 9.73 Å². The average Bonchev–Trinajstić information content (AvgIpc) is 2.77. The smallest absolute Gasteiger partial charge is 0.137 e. The molecule has 2 unspecified atom stereocenters. The van der Waals surface area contributed by atoms with E-state index in [1.165, 1.54) is 17.4 Å². The zero-order chi connectivity index (χ0) is 11.0. The number of benzene rings is 1. The van der Waals surface area contributed by atoms with Crippen molar-refractivity contribution in [3.05, 3.63) is 36.1 Å². The van der Waals surface area contributed by atoms with Crippen molar-refractivity contribution in [3.8, 4) is 0 Å². The van der Waals surface area contributed by atoms with Crippen LogP contribution >= 0.6 is 0 Å². The Morgan fingerprint density at radius 1 is 1.31 bits per heavy atom. The number of piperidine rings is 1. The van der Waals surface area contributed by atoms with E-state index in [4.69, 9.17) is 4.42 Å². The van der Waals surface area contributed by atoms with Gasteiger partial charge in [-0.05, 0) is 43.0 Å². The summed E-state index contributed by atoms with van der Waals surface area (Å²) in [7, 11) is 0. The second-order valence-electron chi connectivity index (χ2n) is 4.76. The summed E-state index contributed by atoms with van der Waals surface area (Å²) in [4.78, 5) is 0. The van der Waals surface area contributed by atoms with Gasteiger partial charge in [0.05, 0.1) is 6.26 Å². The Hall–Kier alpha value is -1.28. The fraction of sp³-hybridized carbons (Fsp3) is 0.429. The van der Waals surface area contributed by atoms with Crippen molar-refractivity contribution in [3.63, 3.8) is 0 Å². The van der Waals surface area contributed by atoms with Gasteiger partial charge in [-0.3, -0.25) is 0 Å². The highest BCUT2D eigenvalue weighted by molar-refractivity contribution is 5.80. The van der Waals surface area contributed by atoms with E-state index in [1.54, 1.807) is 6.26 Å². The Morgan fingerprint density at radius 3 is 3.12 bits per heavy atom. The number of hydrogen-bond donors (Lipinski definition) is 1. The summed E-state index contributed by atoms with van der Waals surface area (Å²) >= 11 is 0. The minimum Gasteiger partial charge on any atom is -0.464 e. The van der Waals surface area contributed by atoms with Crippen LogP contribution in [0, 0.1) is 5.92 Å². The normalized spacial score (nSPS) is 26.1. The van der Waals surface area contributed by atoms with Gasteiger partial charge in [0, 0.05) is 5.39 Å². The first-order valence-electron chi connectivity index (χ1n) is 6.03. The second kappa shape index (κ2) is 3.95. The van der Waals surface area contributed by atoms with Crippen LogP contribution in [0.25, 0.3) is 11.0 Å². The molecule has 0 radical (unpaired) electrons. The number of fused-ring (bicyclic) bond motifs is 1. The van der Waals surface area contributed by atoms with Crippen molar-refractivity contribution in [2.75, 3.05) is 13.1 Å². The van der Waals surface area contributed by atoms with Crippen LogP contribution in [0.5, 0.6) is 0 Å². The predicted octanol–water partition coefficient (Wildman–Crippen LogP) is 3.15. The summed E-state index contributed by atoms with van der Waals surface area (Å²) in [6, 6.07) is 8.53. The summed E-state index contributed by atoms with van der Waals surface area (Å²) in [5.41, 5.74) is 2.47. The van der Waals surface area contributed by atoms with Crippen LogP contribution in [0.15, 0.2) is 34.9 Å². The molecular weight excluding hydrogens is 198 g/mol. The van der Waals surface area contributed by atoms with Gasteiger partial charge in [0.1, 0.15) is 5.58 Å². The number of rotatable bonds is 1. The molecule has 2 nitrogen and oxygen atoms in total. The SMILES string of the molecule is CC1CNCCC1c1cccc2ccoc12. The molecule has 1 aliphatic heterocycles. The monoisotopic (exact) mass is 215 g/mol. The van der Waals surface area contributed by atoms with Gasteiger partial charge in [-0.2, -0.15) is 0 Å². The van der Waals surface area contributed by atoms with Crippen molar-refractivity contribution in [2.45, 2.75) is 19.3 Å². The molecule has 1 N–H and O–H groups in total. The maximum absolute atomic E-state index is 5.63. The molecule has 0 aliphatic carbocycles. The second-order valence-corrected chi connectivity index (χ2v) is 4.76. The molecule has 0 bridgehead atoms. The van der Waals surface area contributed by atoms with E-state index >= 15 is 0 Å². The lowest BCUT2D eigenvalue weighted by molar-refractivity contribution is 0.349. The molecule has 1 aliphatic rings. The van der Waals surface area contributed by atoms with Gasteiger partial charge in [0.15, 0.2) is 0 Å². The van der Waals surface area contributed by atoms with E-state index < -0.39 is 0 Å². The van der Waals surface area contributed by atoms with Gasteiger partial charge in [-0.25, -0.2) is 0 Å². The Bertz CT molecular complexity index is 488. The van der Waals surface area contributed by atoms with Crippen molar-refractivity contribution in [1.29, 1.82) is 0 Å². The first-order valence-corrected chi connectivity index (χ1v) is 6.03. The highest BCUT2D eigenvalue weighted by Crippen LogP contribution is 2.34. The number of furan rings is 1. The predicted molar refractivity (Wildman–Crippen MR) is 65.6 cm³/mol. The molecule has 0 saturated carbocycles. The minimum absolute atomic E-state index is 0.635. The lowest BCUT2D eigenvalue weighted by Crippen LogP contribution is -2.33. The summed E-state index contributed by atoms with van der Waals surface area (Å²) in [6.07, 6.45) is 3.00. The molecule has 1 aromatic heterocycles. The molecule has 2 heterocycles. The molecule has 1 aromatic carbocycles. The summed E-state index contributed by atoms with van der Waals surface area (Å²) in [5.74, 6) is 1.32. The van der Waals surface area contributed by atoms with Gasteiger partial charge in [0.25, 0.3) is 0 Å².